The number of rotatable bonds is 6. The van der Waals surface area contributed by atoms with Gasteiger partial charge >= 0.3 is 5.97 Å². The molecule has 1 amide bonds. The Morgan fingerprint density at radius 3 is 2.38 bits per heavy atom. The summed E-state index contributed by atoms with van der Waals surface area (Å²) in [5, 5.41) is 2.53. The Bertz CT molecular complexity index is 708. The van der Waals surface area contributed by atoms with Gasteiger partial charge in [-0.3, -0.25) is 4.79 Å². The van der Waals surface area contributed by atoms with E-state index in [1.165, 1.54) is 12.7 Å². The molecule has 2 aromatic carbocycles. The zero-order chi connectivity index (χ0) is 17.5. The number of hydrogen-bond acceptors (Lipinski definition) is 4. The highest BCUT2D eigenvalue weighted by Crippen LogP contribution is 2.18. The van der Waals surface area contributed by atoms with Crippen molar-refractivity contribution < 1.29 is 19.1 Å². The van der Waals surface area contributed by atoms with Crippen molar-refractivity contribution in [2.45, 2.75) is 19.8 Å². The van der Waals surface area contributed by atoms with E-state index in [1.54, 1.807) is 36.4 Å². The Balaban J connectivity index is 1.87. The highest BCUT2D eigenvalue weighted by Gasteiger charge is 2.10. The molecule has 126 valence electrons. The van der Waals surface area contributed by atoms with Gasteiger partial charge in [0.05, 0.1) is 7.11 Å². The lowest BCUT2D eigenvalue weighted by Gasteiger charge is -2.09. The van der Waals surface area contributed by atoms with Gasteiger partial charge in [0.1, 0.15) is 18.0 Å². The van der Waals surface area contributed by atoms with Crippen LogP contribution in [-0.4, -0.2) is 25.5 Å². The van der Waals surface area contributed by atoms with Crippen LogP contribution < -0.4 is 14.8 Å². The molecule has 0 aliphatic rings. The zero-order valence-electron chi connectivity index (χ0n) is 14.0. The van der Waals surface area contributed by atoms with Crippen LogP contribution in [0.4, 0.5) is 0 Å². The minimum Gasteiger partial charge on any atom is -0.497 e. The van der Waals surface area contributed by atoms with E-state index >= 15 is 0 Å². The van der Waals surface area contributed by atoms with Crippen molar-refractivity contribution >= 4 is 11.9 Å². The third kappa shape index (κ3) is 4.84. The van der Waals surface area contributed by atoms with E-state index in [4.69, 9.17) is 9.47 Å². The van der Waals surface area contributed by atoms with Crippen LogP contribution in [0, 0.1) is 0 Å². The summed E-state index contributed by atoms with van der Waals surface area (Å²) in [5.74, 6) is 0.567. The number of amides is 1. The van der Waals surface area contributed by atoms with Crippen molar-refractivity contribution in [3.63, 3.8) is 0 Å². The number of carbonyl (C=O) groups is 2. The lowest BCUT2D eigenvalue weighted by atomic mass is 10.0. The van der Waals surface area contributed by atoms with Crippen LogP contribution >= 0.6 is 0 Å². The van der Waals surface area contributed by atoms with Gasteiger partial charge in [0.15, 0.2) is 0 Å². The molecule has 2 rings (SSSR count). The van der Waals surface area contributed by atoms with Gasteiger partial charge in [0, 0.05) is 5.56 Å². The second-order valence-corrected chi connectivity index (χ2v) is 5.61. The molecule has 0 aliphatic heterocycles. The number of esters is 1. The Kier molecular flexibility index (Phi) is 5.95. The SMILES string of the molecule is COc1cccc(C(=O)NCC(=O)Oc2ccc(C(C)C)cc2)c1. The van der Waals surface area contributed by atoms with E-state index in [0.29, 0.717) is 23.0 Å². The minimum atomic E-state index is -0.524. The Morgan fingerprint density at radius 2 is 1.75 bits per heavy atom. The van der Waals surface area contributed by atoms with Gasteiger partial charge in [-0.15, -0.1) is 0 Å². The summed E-state index contributed by atoms with van der Waals surface area (Å²) in [6.07, 6.45) is 0. The summed E-state index contributed by atoms with van der Waals surface area (Å²) < 4.78 is 10.3. The standard InChI is InChI=1S/C19H21NO4/c1-13(2)14-7-9-16(10-8-14)24-18(21)12-20-19(22)15-5-4-6-17(11-15)23-3/h4-11,13H,12H2,1-3H3,(H,20,22). The predicted molar refractivity (Wildman–Crippen MR) is 91.5 cm³/mol. The van der Waals surface area contributed by atoms with E-state index in [1.807, 2.05) is 12.1 Å². The molecule has 24 heavy (non-hydrogen) atoms. The molecule has 0 heterocycles. The first-order valence-electron chi connectivity index (χ1n) is 7.72. The quantitative estimate of drug-likeness (QED) is 0.654. The van der Waals surface area contributed by atoms with Crippen LogP contribution in [0.25, 0.3) is 0 Å². The molecule has 0 saturated carbocycles. The molecule has 0 spiro atoms. The molecule has 1 N–H and O–H groups in total. The fourth-order valence-electron chi connectivity index (χ4n) is 2.11. The van der Waals surface area contributed by atoms with Crippen LogP contribution in [0.2, 0.25) is 0 Å². The molecule has 0 unspecified atom stereocenters. The normalized spacial score (nSPS) is 10.3. The van der Waals surface area contributed by atoms with Gasteiger partial charge < -0.3 is 14.8 Å². The molecule has 0 aliphatic carbocycles. The molecule has 5 heteroatoms. The Morgan fingerprint density at radius 1 is 1.04 bits per heavy atom. The van der Waals surface area contributed by atoms with Crippen LogP contribution in [0.15, 0.2) is 48.5 Å². The van der Waals surface area contributed by atoms with E-state index in [2.05, 4.69) is 19.2 Å². The molecule has 0 radical (unpaired) electrons. The minimum absolute atomic E-state index is 0.206. The van der Waals surface area contributed by atoms with Crippen molar-refractivity contribution in [3.8, 4) is 11.5 Å². The van der Waals surface area contributed by atoms with Crippen molar-refractivity contribution in [3.05, 3.63) is 59.7 Å². The average molecular weight is 327 g/mol. The number of benzene rings is 2. The van der Waals surface area contributed by atoms with E-state index in [9.17, 15) is 9.59 Å². The number of carbonyl (C=O) groups excluding carboxylic acids is 2. The maximum atomic E-state index is 12.0. The first-order valence-corrected chi connectivity index (χ1v) is 7.72. The first kappa shape index (κ1) is 17.5. The highest BCUT2D eigenvalue weighted by atomic mass is 16.5. The molecular weight excluding hydrogens is 306 g/mol. The van der Waals surface area contributed by atoms with E-state index < -0.39 is 5.97 Å². The third-order valence-electron chi connectivity index (χ3n) is 3.50. The molecule has 0 aromatic heterocycles. The Hall–Kier alpha value is -2.82. The first-order chi connectivity index (χ1) is 11.5. The number of hydrogen-bond donors (Lipinski definition) is 1. The highest BCUT2D eigenvalue weighted by molar-refractivity contribution is 5.96. The van der Waals surface area contributed by atoms with Gasteiger partial charge in [-0.25, -0.2) is 4.79 Å². The van der Waals surface area contributed by atoms with Gasteiger partial charge in [0.2, 0.25) is 0 Å². The van der Waals surface area contributed by atoms with Crippen molar-refractivity contribution in [2.75, 3.05) is 13.7 Å². The van der Waals surface area contributed by atoms with Gasteiger partial charge in [-0.05, 0) is 41.8 Å². The summed E-state index contributed by atoms with van der Waals surface area (Å²) in [7, 11) is 1.53. The summed E-state index contributed by atoms with van der Waals surface area (Å²) in [6.45, 7) is 3.98. The topological polar surface area (TPSA) is 64.6 Å². The van der Waals surface area contributed by atoms with E-state index in [-0.39, 0.29) is 12.5 Å². The summed E-state index contributed by atoms with van der Waals surface area (Å²) >= 11 is 0. The van der Waals surface area contributed by atoms with Gasteiger partial charge in [-0.1, -0.05) is 32.0 Å². The fraction of sp³-hybridized carbons (Fsp3) is 0.263. The zero-order valence-corrected chi connectivity index (χ0v) is 14.0. The fourth-order valence-corrected chi connectivity index (χ4v) is 2.11. The van der Waals surface area contributed by atoms with Gasteiger partial charge in [0.25, 0.3) is 5.91 Å². The third-order valence-corrected chi connectivity index (χ3v) is 3.50. The second kappa shape index (κ2) is 8.15. The molecule has 0 bridgehead atoms. The maximum absolute atomic E-state index is 12.0. The lowest BCUT2D eigenvalue weighted by Crippen LogP contribution is -2.31. The van der Waals surface area contributed by atoms with Crippen LogP contribution in [0.3, 0.4) is 0 Å². The molecule has 2 aromatic rings. The molecule has 0 saturated heterocycles. The largest absolute Gasteiger partial charge is 0.497 e. The van der Waals surface area contributed by atoms with E-state index in [0.717, 1.165) is 0 Å². The predicted octanol–water partition coefficient (Wildman–Crippen LogP) is 3.15. The number of nitrogens with one attached hydrogen (secondary N) is 1. The lowest BCUT2D eigenvalue weighted by molar-refractivity contribution is -0.133. The average Bonchev–Trinajstić information content (AvgIpc) is 2.60. The van der Waals surface area contributed by atoms with Crippen LogP contribution in [0.1, 0.15) is 35.7 Å². The maximum Gasteiger partial charge on any atom is 0.330 e. The molecule has 0 fully saturated rings. The van der Waals surface area contributed by atoms with Crippen molar-refractivity contribution in [1.29, 1.82) is 0 Å². The monoisotopic (exact) mass is 327 g/mol. The Labute approximate surface area is 141 Å². The molecular formula is C19H21NO4. The van der Waals surface area contributed by atoms with Crippen LogP contribution in [0.5, 0.6) is 11.5 Å². The smallest absolute Gasteiger partial charge is 0.330 e. The van der Waals surface area contributed by atoms with Crippen LogP contribution in [-0.2, 0) is 4.79 Å². The summed E-state index contributed by atoms with van der Waals surface area (Å²) in [5.41, 5.74) is 1.59. The van der Waals surface area contributed by atoms with Gasteiger partial charge in [-0.2, -0.15) is 0 Å². The summed E-state index contributed by atoms with van der Waals surface area (Å²) in [6, 6.07) is 14.0. The van der Waals surface area contributed by atoms with Crippen molar-refractivity contribution in [2.24, 2.45) is 0 Å². The molecule has 0 atom stereocenters. The number of methoxy groups -OCH3 is 1. The molecule has 5 nitrogen and oxygen atoms in total. The number of ether oxygens (including phenoxy) is 2. The second-order valence-electron chi connectivity index (χ2n) is 5.61. The summed E-state index contributed by atoms with van der Waals surface area (Å²) in [4.78, 5) is 23.8. The van der Waals surface area contributed by atoms with Crippen molar-refractivity contribution in [1.82, 2.24) is 5.32 Å².